The Morgan fingerprint density at radius 1 is 1.39 bits per heavy atom. The van der Waals surface area contributed by atoms with Crippen LogP contribution in [-0.2, 0) is 20.9 Å². The lowest BCUT2D eigenvalue weighted by molar-refractivity contribution is -0.131. The second kappa shape index (κ2) is 8.03. The SMILES string of the molecule is CO[C@H]1CN(C(=O)CN(C)Cc2ccncc2)C[C@@H]1CC(N)=O. The number of primary amides is 1. The van der Waals surface area contributed by atoms with Gasteiger partial charge in [0.1, 0.15) is 0 Å². The number of carbonyl (C=O) groups excluding carboxylic acids is 2. The molecule has 126 valence electrons. The molecule has 2 N–H and O–H groups in total. The summed E-state index contributed by atoms with van der Waals surface area (Å²) in [5, 5.41) is 0. The van der Waals surface area contributed by atoms with E-state index in [4.69, 9.17) is 10.5 Å². The van der Waals surface area contributed by atoms with E-state index in [1.165, 1.54) is 0 Å². The Balaban J connectivity index is 1.86. The van der Waals surface area contributed by atoms with Crippen LogP contribution in [-0.4, -0.2) is 66.5 Å². The van der Waals surface area contributed by atoms with Crippen LogP contribution in [0.15, 0.2) is 24.5 Å². The lowest BCUT2D eigenvalue weighted by Gasteiger charge is -2.21. The molecule has 2 heterocycles. The fourth-order valence-electron chi connectivity index (χ4n) is 2.95. The van der Waals surface area contributed by atoms with Gasteiger partial charge in [-0.2, -0.15) is 0 Å². The van der Waals surface area contributed by atoms with E-state index in [0.717, 1.165) is 5.56 Å². The van der Waals surface area contributed by atoms with Crippen LogP contribution in [0.5, 0.6) is 0 Å². The molecule has 0 saturated carbocycles. The topological polar surface area (TPSA) is 88.8 Å². The van der Waals surface area contributed by atoms with Gasteiger partial charge in [-0.3, -0.25) is 19.5 Å². The maximum atomic E-state index is 12.4. The van der Waals surface area contributed by atoms with Crippen LogP contribution < -0.4 is 5.73 Å². The molecule has 2 rings (SSSR count). The molecule has 1 fully saturated rings. The molecule has 1 aliphatic rings. The van der Waals surface area contributed by atoms with Gasteiger partial charge in [0, 0.05) is 51.5 Å². The normalized spacial score (nSPS) is 20.9. The van der Waals surface area contributed by atoms with Crippen molar-refractivity contribution in [2.75, 3.05) is 33.8 Å². The molecule has 0 bridgehead atoms. The number of nitrogens with two attached hydrogens (primary N) is 1. The van der Waals surface area contributed by atoms with Gasteiger partial charge in [-0.15, -0.1) is 0 Å². The minimum absolute atomic E-state index is 0.0213. The highest BCUT2D eigenvalue weighted by atomic mass is 16.5. The average molecular weight is 320 g/mol. The van der Waals surface area contributed by atoms with Gasteiger partial charge in [0.15, 0.2) is 0 Å². The molecule has 2 atom stereocenters. The molecular weight excluding hydrogens is 296 g/mol. The van der Waals surface area contributed by atoms with Crippen LogP contribution in [0.3, 0.4) is 0 Å². The van der Waals surface area contributed by atoms with Gasteiger partial charge in [-0.25, -0.2) is 0 Å². The van der Waals surface area contributed by atoms with Crippen molar-refractivity contribution < 1.29 is 14.3 Å². The highest BCUT2D eigenvalue weighted by molar-refractivity contribution is 5.79. The molecule has 23 heavy (non-hydrogen) atoms. The van der Waals surface area contributed by atoms with E-state index in [-0.39, 0.29) is 30.3 Å². The number of methoxy groups -OCH3 is 1. The second-order valence-electron chi connectivity index (χ2n) is 6.03. The predicted molar refractivity (Wildman–Crippen MR) is 85.2 cm³/mol. The molecule has 7 heteroatoms. The first kappa shape index (κ1) is 17.4. The van der Waals surface area contributed by atoms with E-state index in [9.17, 15) is 9.59 Å². The zero-order valence-corrected chi connectivity index (χ0v) is 13.6. The number of carbonyl (C=O) groups is 2. The average Bonchev–Trinajstić information content (AvgIpc) is 2.90. The van der Waals surface area contributed by atoms with Crippen LogP contribution in [0.1, 0.15) is 12.0 Å². The number of hydrogen-bond donors (Lipinski definition) is 1. The van der Waals surface area contributed by atoms with Crippen LogP contribution >= 0.6 is 0 Å². The van der Waals surface area contributed by atoms with E-state index < -0.39 is 0 Å². The number of ether oxygens (including phenoxy) is 1. The molecule has 7 nitrogen and oxygen atoms in total. The Morgan fingerprint density at radius 3 is 2.70 bits per heavy atom. The monoisotopic (exact) mass is 320 g/mol. The van der Waals surface area contributed by atoms with Crippen molar-refractivity contribution in [1.82, 2.24) is 14.8 Å². The van der Waals surface area contributed by atoms with Gasteiger partial charge in [-0.1, -0.05) is 0 Å². The largest absolute Gasteiger partial charge is 0.379 e. The van der Waals surface area contributed by atoms with Gasteiger partial charge in [0.05, 0.1) is 12.6 Å². The first-order chi connectivity index (χ1) is 11.0. The number of likely N-dealkylation sites (tertiary alicyclic amines) is 1. The molecule has 2 amide bonds. The van der Waals surface area contributed by atoms with E-state index >= 15 is 0 Å². The van der Waals surface area contributed by atoms with E-state index in [0.29, 0.717) is 26.2 Å². The van der Waals surface area contributed by atoms with Crippen molar-refractivity contribution in [3.05, 3.63) is 30.1 Å². The molecule has 1 aromatic rings. The third-order valence-electron chi connectivity index (χ3n) is 4.11. The fourth-order valence-corrected chi connectivity index (χ4v) is 2.95. The molecule has 1 aromatic heterocycles. The van der Waals surface area contributed by atoms with Crippen molar-refractivity contribution in [2.24, 2.45) is 11.7 Å². The molecule has 1 saturated heterocycles. The van der Waals surface area contributed by atoms with E-state index in [1.54, 1.807) is 24.4 Å². The molecule has 0 spiro atoms. The lowest BCUT2D eigenvalue weighted by Crippen LogP contribution is -2.38. The van der Waals surface area contributed by atoms with Crippen LogP contribution in [0.25, 0.3) is 0 Å². The Hall–Kier alpha value is -1.99. The van der Waals surface area contributed by atoms with Gasteiger partial charge < -0.3 is 15.4 Å². The Bertz CT molecular complexity index is 537. The summed E-state index contributed by atoms with van der Waals surface area (Å²) in [7, 11) is 3.51. The summed E-state index contributed by atoms with van der Waals surface area (Å²) < 4.78 is 5.38. The fraction of sp³-hybridized carbons (Fsp3) is 0.562. The predicted octanol–water partition coefficient (Wildman–Crippen LogP) is -0.138. The molecule has 1 aliphatic heterocycles. The van der Waals surface area contributed by atoms with Crippen molar-refractivity contribution in [1.29, 1.82) is 0 Å². The summed E-state index contributed by atoms with van der Waals surface area (Å²) in [4.78, 5) is 31.3. The molecule has 0 radical (unpaired) electrons. The molecule has 0 aromatic carbocycles. The number of hydrogen-bond acceptors (Lipinski definition) is 5. The maximum Gasteiger partial charge on any atom is 0.236 e. The smallest absolute Gasteiger partial charge is 0.236 e. The van der Waals surface area contributed by atoms with E-state index in [2.05, 4.69) is 4.98 Å². The summed E-state index contributed by atoms with van der Waals surface area (Å²) in [6.45, 7) is 2.03. The Labute approximate surface area is 136 Å². The van der Waals surface area contributed by atoms with Crippen LogP contribution in [0.2, 0.25) is 0 Å². The maximum absolute atomic E-state index is 12.4. The molecule has 0 unspecified atom stereocenters. The van der Waals surface area contributed by atoms with Crippen molar-refractivity contribution in [2.45, 2.75) is 19.1 Å². The summed E-state index contributed by atoms with van der Waals surface area (Å²) >= 11 is 0. The number of amides is 2. The van der Waals surface area contributed by atoms with Crippen LogP contribution in [0.4, 0.5) is 0 Å². The third-order valence-corrected chi connectivity index (χ3v) is 4.11. The first-order valence-electron chi connectivity index (χ1n) is 7.66. The highest BCUT2D eigenvalue weighted by Crippen LogP contribution is 2.22. The second-order valence-corrected chi connectivity index (χ2v) is 6.03. The quantitative estimate of drug-likeness (QED) is 0.755. The number of likely N-dealkylation sites (N-methyl/N-ethyl adjacent to an activating group) is 1. The van der Waals surface area contributed by atoms with Crippen molar-refractivity contribution >= 4 is 11.8 Å². The molecular formula is C16H24N4O3. The van der Waals surface area contributed by atoms with Gasteiger partial charge >= 0.3 is 0 Å². The minimum Gasteiger partial charge on any atom is -0.379 e. The minimum atomic E-state index is -0.360. The summed E-state index contributed by atoms with van der Waals surface area (Å²) in [5.74, 6) is -0.344. The van der Waals surface area contributed by atoms with E-state index in [1.807, 2.05) is 24.1 Å². The first-order valence-corrected chi connectivity index (χ1v) is 7.66. The summed E-state index contributed by atoms with van der Waals surface area (Å²) in [6.07, 6.45) is 3.60. The van der Waals surface area contributed by atoms with Crippen molar-refractivity contribution in [3.8, 4) is 0 Å². The Morgan fingerprint density at radius 2 is 2.09 bits per heavy atom. The zero-order valence-electron chi connectivity index (χ0n) is 13.6. The molecule has 0 aliphatic carbocycles. The van der Waals surface area contributed by atoms with Gasteiger partial charge in [-0.05, 0) is 24.7 Å². The highest BCUT2D eigenvalue weighted by Gasteiger charge is 2.36. The van der Waals surface area contributed by atoms with Gasteiger partial charge in [0.25, 0.3) is 0 Å². The number of nitrogens with zero attached hydrogens (tertiary/aromatic N) is 3. The van der Waals surface area contributed by atoms with Crippen molar-refractivity contribution in [3.63, 3.8) is 0 Å². The summed E-state index contributed by atoms with van der Waals surface area (Å²) in [5.41, 5.74) is 6.38. The standard InChI is InChI=1S/C16H24N4O3/c1-19(8-12-3-5-18-6-4-12)11-16(22)20-9-13(7-15(17)21)14(10-20)23-2/h3-6,13-14H,7-11H2,1-2H3,(H2,17,21)/t13-,14-/m0/s1. The van der Waals surface area contributed by atoms with Gasteiger partial charge in [0.2, 0.25) is 11.8 Å². The number of pyridine rings is 1. The lowest BCUT2D eigenvalue weighted by atomic mass is 10.0. The number of aromatic nitrogens is 1. The number of rotatable bonds is 7. The Kier molecular flexibility index (Phi) is 6.06. The zero-order chi connectivity index (χ0) is 16.8. The summed E-state index contributed by atoms with van der Waals surface area (Å²) in [6, 6.07) is 3.86. The van der Waals surface area contributed by atoms with Crippen LogP contribution in [0, 0.1) is 5.92 Å². The third kappa shape index (κ3) is 5.01.